The molecular weight excluding hydrogens is 316 g/mol. The molecule has 0 radical (unpaired) electrons. The number of ether oxygens (including phenoxy) is 1. The molecule has 134 valence electrons. The highest BCUT2D eigenvalue weighted by Crippen LogP contribution is 2.12. The standard InChI is InChI=1S/C19H26N4O2/c1-13(2)12-21-19-22-14(3)10-17(23-19)18(24)20-9-8-15-6-5-7-16(11-15)25-4/h5-7,10-11,13H,8-9,12H2,1-4H3,(H,20,24)(H,21,22,23). The summed E-state index contributed by atoms with van der Waals surface area (Å²) in [6.07, 6.45) is 0.728. The molecule has 1 aromatic heterocycles. The normalized spacial score (nSPS) is 10.6. The number of anilines is 1. The van der Waals surface area contributed by atoms with Crippen molar-refractivity contribution in [1.82, 2.24) is 15.3 Å². The van der Waals surface area contributed by atoms with Crippen LogP contribution in [-0.2, 0) is 6.42 Å². The lowest BCUT2D eigenvalue weighted by molar-refractivity contribution is 0.0949. The molecule has 1 aromatic carbocycles. The number of aryl methyl sites for hydroxylation is 1. The molecule has 0 spiro atoms. The molecule has 0 saturated carbocycles. The van der Waals surface area contributed by atoms with E-state index in [4.69, 9.17) is 4.74 Å². The van der Waals surface area contributed by atoms with E-state index in [0.29, 0.717) is 24.1 Å². The monoisotopic (exact) mass is 342 g/mol. The quantitative estimate of drug-likeness (QED) is 0.771. The number of carbonyl (C=O) groups excluding carboxylic acids is 1. The fourth-order valence-electron chi connectivity index (χ4n) is 2.30. The minimum Gasteiger partial charge on any atom is -0.497 e. The minimum absolute atomic E-state index is 0.194. The van der Waals surface area contributed by atoms with Crippen molar-refractivity contribution >= 4 is 11.9 Å². The van der Waals surface area contributed by atoms with Crippen molar-refractivity contribution < 1.29 is 9.53 Å². The Bertz CT molecular complexity index is 716. The third kappa shape index (κ3) is 6.06. The van der Waals surface area contributed by atoms with Crippen LogP contribution in [0.15, 0.2) is 30.3 Å². The smallest absolute Gasteiger partial charge is 0.270 e. The lowest BCUT2D eigenvalue weighted by atomic mass is 10.1. The van der Waals surface area contributed by atoms with Gasteiger partial charge in [-0.15, -0.1) is 0 Å². The number of nitrogens with one attached hydrogen (secondary N) is 2. The Morgan fingerprint density at radius 2 is 2.04 bits per heavy atom. The Morgan fingerprint density at radius 1 is 1.24 bits per heavy atom. The Balaban J connectivity index is 1.93. The highest BCUT2D eigenvalue weighted by molar-refractivity contribution is 5.92. The summed E-state index contributed by atoms with van der Waals surface area (Å²) in [7, 11) is 1.64. The predicted octanol–water partition coefficient (Wildman–Crippen LogP) is 2.83. The van der Waals surface area contributed by atoms with Crippen LogP contribution in [0.2, 0.25) is 0 Å². The maximum atomic E-state index is 12.3. The molecule has 0 unspecified atom stereocenters. The highest BCUT2D eigenvalue weighted by atomic mass is 16.5. The van der Waals surface area contributed by atoms with Gasteiger partial charge in [0.05, 0.1) is 7.11 Å². The van der Waals surface area contributed by atoms with Gasteiger partial charge in [0.2, 0.25) is 5.95 Å². The second-order valence-electron chi connectivity index (χ2n) is 6.35. The molecule has 0 aliphatic heterocycles. The van der Waals surface area contributed by atoms with E-state index in [2.05, 4.69) is 34.4 Å². The Labute approximate surface area is 149 Å². The van der Waals surface area contributed by atoms with Crippen molar-refractivity contribution in [3.63, 3.8) is 0 Å². The molecular formula is C19H26N4O2. The lowest BCUT2D eigenvalue weighted by Gasteiger charge is -2.10. The molecule has 2 rings (SSSR count). The molecule has 1 heterocycles. The van der Waals surface area contributed by atoms with E-state index in [1.807, 2.05) is 31.2 Å². The van der Waals surface area contributed by atoms with Crippen LogP contribution >= 0.6 is 0 Å². The number of methoxy groups -OCH3 is 1. The lowest BCUT2D eigenvalue weighted by Crippen LogP contribution is -2.27. The summed E-state index contributed by atoms with van der Waals surface area (Å²) in [6.45, 7) is 7.36. The molecule has 2 N–H and O–H groups in total. The van der Waals surface area contributed by atoms with Gasteiger partial charge in [-0.05, 0) is 43.0 Å². The van der Waals surface area contributed by atoms with Gasteiger partial charge in [-0.25, -0.2) is 9.97 Å². The molecule has 0 bridgehead atoms. The fraction of sp³-hybridized carbons (Fsp3) is 0.421. The van der Waals surface area contributed by atoms with E-state index in [0.717, 1.165) is 30.0 Å². The van der Waals surface area contributed by atoms with Crippen LogP contribution in [0.5, 0.6) is 5.75 Å². The molecule has 0 aliphatic carbocycles. The number of carbonyl (C=O) groups is 1. The summed E-state index contributed by atoms with van der Waals surface area (Å²) in [6, 6.07) is 9.52. The van der Waals surface area contributed by atoms with Gasteiger partial charge in [-0.2, -0.15) is 0 Å². The van der Waals surface area contributed by atoms with Crippen LogP contribution in [0.3, 0.4) is 0 Å². The third-order valence-electron chi connectivity index (χ3n) is 3.59. The van der Waals surface area contributed by atoms with Crippen LogP contribution in [0.4, 0.5) is 5.95 Å². The van der Waals surface area contributed by atoms with Crippen molar-refractivity contribution in [2.75, 3.05) is 25.5 Å². The minimum atomic E-state index is -0.194. The summed E-state index contributed by atoms with van der Waals surface area (Å²) in [5.41, 5.74) is 2.25. The van der Waals surface area contributed by atoms with E-state index in [1.165, 1.54) is 0 Å². The van der Waals surface area contributed by atoms with Crippen molar-refractivity contribution in [3.05, 3.63) is 47.3 Å². The van der Waals surface area contributed by atoms with Gasteiger partial charge in [0.1, 0.15) is 11.4 Å². The van der Waals surface area contributed by atoms with Crippen LogP contribution < -0.4 is 15.4 Å². The molecule has 1 amide bonds. The fourth-order valence-corrected chi connectivity index (χ4v) is 2.30. The maximum absolute atomic E-state index is 12.3. The first-order valence-electron chi connectivity index (χ1n) is 8.48. The average Bonchev–Trinajstić information content (AvgIpc) is 2.59. The largest absolute Gasteiger partial charge is 0.497 e. The van der Waals surface area contributed by atoms with Crippen LogP contribution in [0.25, 0.3) is 0 Å². The van der Waals surface area contributed by atoms with Crippen molar-refractivity contribution in [1.29, 1.82) is 0 Å². The molecule has 6 nitrogen and oxygen atoms in total. The van der Waals surface area contributed by atoms with E-state index >= 15 is 0 Å². The Kier molecular flexibility index (Phi) is 6.74. The van der Waals surface area contributed by atoms with Crippen molar-refractivity contribution in [3.8, 4) is 5.75 Å². The number of benzene rings is 1. The number of aromatic nitrogens is 2. The third-order valence-corrected chi connectivity index (χ3v) is 3.59. The summed E-state index contributed by atoms with van der Waals surface area (Å²) in [4.78, 5) is 21.0. The summed E-state index contributed by atoms with van der Waals surface area (Å²) < 4.78 is 5.21. The second kappa shape index (κ2) is 9.01. The Morgan fingerprint density at radius 3 is 2.76 bits per heavy atom. The number of hydrogen-bond acceptors (Lipinski definition) is 5. The van der Waals surface area contributed by atoms with Gasteiger partial charge in [0.25, 0.3) is 5.91 Å². The molecule has 0 saturated heterocycles. The SMILES string of the molecule is COc1cccc(CCNC(=O)c2cc(C)nc(NCC(C)C)n2)c1. The van der Waals surface area contributed by atoms with Crippen molar-refractivity contribution in [2.24, 2.45) is 5.92 Å². The van der Waals surface area contributed by atoms with E-state index in [-0.39, 0.29) is 5.91 Å². The van der Waals surface area contributed by atoms with Gasteiger partial charge >= 0.3 is 0 Å². The average molecular weight is 342 g/mol. The van der Waals surface area contributed by atoms with Gasteiger partial charge in [0, 0.05) is 18.8 Å². The first-order chi connectivity index (χ1) is 12.0. The zero-order valence-electron chi connectivity index (χ0n) is 15.3. The number of amides is 1. The maximum Gasteiger partial charge on any atom is 0.270 e. The van der Waals surface area contributed by atoms with Crippen molar-refractivity contribution in [2.45, 2.75) is 27.2 Å². The Hall–Kier alpha value is -2.63. The van der Waals surface area contributed by atoms with Crippen LogP contribution in [0, 0.1) is 12.8 Å². The highest BCUT2D eigenvalue weighted by Gasteiger charge is 2.10. The topological polar surface area (TPSA) is 76.1 Å². The van der Waals surface area contributed by atoms with Crippen LogP contribution in [0.1, 0.15) is 35.6 Å². The summed E-state index contributed by atoms with van der Waals surface area (Å²) in [5, 5.41) is 6.07. The number of nitrogens with zero attached hydrogens (tertiary/aromatic N) is 2. The van der Waals surface area contributed by atoms with Gasteiger partial charge in [-0.1, -0.05) is 26.0 Å². The zero-order valence-corrected chi connectivity index (χ0v) is 15.3. The van der Waals surface area contributed by atoms with E-state index in [9.17, 15) is 4.79 Å². The van der Waals surface area contributed by atoms with E-state index in [1.54, 1.807) is 13.2 Å². The molecule has 0 fully saturated rings. The van der Waals surface area contributed by atoms with Crippen LogP contribution in [-0.4, -0.2) is 36.1 Å². The zero-order chi connectivity index (χ0) is 18.2. The number of rotatable bonds is 8. The summed E-state index contributed by atoms with van der Waals surface area (Å²) >= 11 is 0. The summed E-state index contributed by atoms with van der Waals surface area (Å²) in [5.74, 6) is 1.59. The molecule has 6 heteroatoms. The first-order valence-corrected chi connectivity index (χ1v) is 8.48. The molecule has 25 heavy (non-hydrogen) atoms. The number of hydrogen-bond donors (Lipinski definition) is 2. The molecule has 0 aliphatic rings. The van der Waals surface area contributed by atoms with E-state index < -0.39 is 0 Å². The van der Waals surface area contributed by atoms with Gasteiger partial charge in [0.15, 0.2) is 0 Å². The second-order valence-corrected chi connectivity index (χ2v) is 6.35. The predicted molar refractivity (Wildman–Crippen MR) is 99.1 cm³/mol. The molecule has 2 aromatic rings. The van der Waals surface area contributed by atoms with Gasteiger partial charge in [-0.3, -0.25) is 4.79 Å². The van der Waals surface area contributed by atoms with Gasteiger partial charge < -0.3 is 15.4 Å². The molecule has 0 atom stereocenters. The first kappa shape index (κ1) is 18.7.